The molecule has 0 atom stereocenters. The Kier molecular flexibility index (Phi) is 10.6. The lowest BCUT2D eigenvalue weighted by atomic mass is 10.1. The van der Waals surface area contributed by atoms with E-state index >= 15 is 0 Å². The van der Waals surface area contributed by atoms with Gasteiger partial charge in [0.05, 0.1) is 32.3 Å². The van der Waals surface area contributed by atoms with Crippen LogP contribution in [-0.4, -0.2) is 47.0 Å². The number of amides is 2. The predicted molar refractivity (Wildman–Crippen MR) is 152 cm³/mol. The number of carbonyl (C=O) groups excluding carboxylic acids is 2. The first-order chi connectivity index (χ1) is 19.1. The zero-order valence-corrected chi connectivity index (χ0v) is 23.6. The van der Waals surface area contributed by atoms with Gasteiger partial charge in [-0.25, -0.2) is 18.0 Å². The van der Waals surface area contributed by atoms with E-state index in [4.69, 9.17) is 18.9 Å². The van der Waals surface area contributed by atoms with Gasteiger partial charge >= 0.3 is 12.0 Å². The molecule has 0 fully saturated rings. The quantitative estimate of drug-likeness (QED) is 0.254. The van der Waals surface area contributed by atoms with E-state index in [0.717, 1.165) is 11.8 Å². The molecular weight excluding hydrogens is 538 g/mol. The van der Waals surface area contributed by atoms with Gasteiger partial charge in [0.15, 0.2) is 0 Å². The van der Waals surface area contributed by atoms with Gasteiger partial charge in [-0.1, -0.05) is 30.3 Å². The average Bonchev–Trinajstić information content (AvgIpc) is 2.92. The number of ether oxygens (including phenoxy) is 4. The Balaban J connectivity index is 1.74. The molecule has 214 valence electrons. The molecule has 0 aromatic heterocycles. The average molecular weight is 572 g/mol. The van der Waals surface area contributed by atoms with E-state index in [1.165, 1.54) is 19.2 Å². The maximum atomic E-state index is 12.7. The number of rotatable bonds is 13. The van der Waals surface area contributed by atoms with Crippen LogP contribution in [0.15, 0.2) is 60.7 Å². The fourth-order valence-electron chi connectivity index (χ4n) is 3.67. The number of hydrogen-bond donors (Lipinski definition) is 3. The van der Waals surface area contributed by atoms with Crippen LogP contribution in [0.4, 0.5) is 16.2 Å². The fraction of sp³-hybridized carbons (Fsp3) is 0.286. The standard InChI is InChI=1S/C28H33N3O8S/c1-5-37-25-16-23(31-40(4,34)35)26(38-6-2)14-20(25)17-29-28(33)30-21-12-13-24(22(15-21)27(32)36-3)39-18-19-10-8-7-9-11-19/h7-16,31H,5-6,17-18H2,1-4H3,(H2,29,30,33). The maximum Gasteiger partial charge on any atom is 0.341 e. The van der Waals surface area contributed by atoms with Gasteiger partial charge in [0.25, 0.3) is 0 Å². The first-order valence-electron chi connectivity index (χ1n) is 12.5. The lowest BCUT2D eigenvalue weighted by molar-refractivity contribution is 0.0595. The minimum atomic E-state index is -3.56. The van der Waals surface area contributed by atoms with Gasteiger partial charge in [0.1, 0.15) is 29.4 Å². The SMILES string of the molecule is CCOc1cc(NS(C)(=O)=O)c(OCC)cc1CNC(=O)Nc1ccc(OCc2ccccc2)c(C(=O)OC)c1. The molecule has 0 aliphatic heterocycles. The van der Waals surface area contributed by atoms with Crippen molar-refractivity contribution < 1.29 is 37.0 Å². The second-order valence-electron chi connectivity index (χ2n) is 8.48. The van der Waals surface area contributed by atoms with Crippen molar-refractivity contribution in [2.45, 2.75) is 27.0 Å². The van der Waals surface area contributed by atoms with E-state index in [2.05, 4.69) is 15.4 Å². The Morgan fingerprint density at radius 2 is 1.55 bits per heavy atom. The van der Waals surface area contributed by atoms with Crippen LogP contribution >= 0.6 is 0 Å². The molecule has 0 saturated carbocycles. The highest BCUT2D eigenvalue weighted by atomic mass is 32.2. The molecule has 11 nitrogen and oxygen atoms in total. The number of methoxy groups -OCH3 is 1. The predicted octanol–water partition coefficient (Wildman–Crippen LogP) is 4.54. The molecule has 40 heavy (non-hydrogen) atoms. The number of nitrogens with one attached hydrogen (secondary N) is 3. The van der Waals surface area contributed by atoms with E-state index in [1.807, 2.05) is 30.3 Å². The van der Waals surface area contributed by atoms with Gasteiger partial charge in [-0.15, -0.1) is 0 Å². The van der Waals surface area contributed by atoms with Crippen LogP contribution in [0.3, 0.4) is 0 Å². The van der Waals surface area contributed by atoms with Crippen LogP contribution in [0.2, 0.25) is 0 Å². The summed E-state index contributed by atoms with van der Waals surface area (Å²) in [5, 5.41) is 5.42. The third-order valence-electron chi connectivity index (χ3n) is 5.38. The number of urea groups is 1. The summed E-state index contributed by atoms with van der Waals surface area (Å²) in [5.74, 6) is 0.377. The normalized spacial score (nSPS) is 10.8. The molecule has 3 rings (SSSR count). The number of esters is 1. The highest BCUT2D eigenvalue weighted by Crippen LogP contribution is 2.34. The summed E-state index contributed by atoms with van der Waals surface area (Å²) in [5.41, 5.74) is 2.23. The molecule has 0 unspecified atom stereocenters. The topological polar surface area (TPSA) is 141 Å². The molecule has 0 spiro atoms. The van der Waals surface area contributed by atoms with Gasteiger partial charge in [-0.2, -0.15) is 0 Å². The van der Waals surface area contributed by atoms with Crippen molar-refractivity contribution in [1.29, 1.82) is 0 Å². The van der Waals surface area contributed by atoms with Crippen LogP contribution in [0, 0.1) is 0 Å². The van der Waals surface area contributed by atoms with E-state index in [9.17, 15) is 18.0 Å². The summed E-state index contributed by atoms with van der Waals surface area (Å²) >= 11 is 0. The summed E-state index contributed by atoms with van der Waals surface area (Å²) in [6.45, 7) is 4.47. The molecular formula is C28H33N3O8S. The second kappa shape index (κ2) is 14.1. The number of benzene rings is 3. The summed E-state index contributed by atoms with van der Waals surface area (Å²) in [4.78, 5) is 25.1. The molecule has 12 heteroatoms. The summed E-state index contributed by atoms with van der Waals surface area (Å²) in [6.07, 6.45) is 1.04. The maximum absolute atomic E-state index is 12.7. The smallest absolute Gasteiger partial charge is 0.341 e. The molecule has 0 heterocycles. The minimum absolute atomic E-state index is 0.0442. The van der Waals surface area contributed by atoms with Crippen LogP contribution in [0.25, 0.3) is 0 Å². The minimum Gasteiger partial charge on any atom is -0.493 e. The first kappa shape index (κ1) is 30.1. The highest BCUT2D eigenvalue weighted by Gasteiger charge is 2.18. The fourth-order valence-corrected chi connectivity index (χ4v) is 4.23. The molecule has 2 amide bonds. The Morgan fingerprint density at radius 3 is 2.20 bits per heavy atom. The molecule has 0 saturated heterocycles. The van der Waals surface area contributed by atoms with Crippen molar-refractivity contribution in [3.05, 3.63) is 77.4 Å². The van der Waals surface area contributed by atoms with E-state index in [1.54, 1.807) is 32.0 Å². The van der Waals surface area contributed by atoms with Crippen LogP contribution in [-0.2, 0) is 27.9 Å². The van der Waals surface area contributed by atoms with E-state index in [-0.39, 0.29) is 24.4 Å². The van der Waals surface area contributed by atoms with Crippen LogP contribution in [0.1, 0.15) is 35.3 Å². The van der Waals surface area contributed by atoms with E-state index in [0.29, 0.717) is 41.7 Å². The lowest BCUT2D eigenvalue weighted by Gasteiger charge is -2.18. The molecule has 3 N–H and O–H groups in total. The Hall–Kier alpha value is -4.45. The second-order valence-corrected chi connectivity index (χ2v) is 10.2. The highest BCUT2D eigenvalue weighted by molar-refractivity contribution is 7.92. The number of carbonyl (C=O) groups is 2. The number of sulfonamides is 1. The van der Waals surface area contributed by atoms with Crippen molar-refractivity contribution in [2.24, 2.45) is 0 Å². The Labute approximate surface area is 233 Å². The van der Waals surface area contributed by atoms with Crippen molar-refractivity contribution in [2.75, 3.05) is 36.6 Å². The van der Waals surface area contributed by atoms with Gasteiger partial charge in [-0.05, 0) is 43.7 Å². The van der Waals surface area contributed by atoms with Crippen LogP contribution < -0.4 is 29.6 Å². The summed E-state index contributed by atoms with van der Waals surface area (Å²) in [6, 6.07) is 16.7. The van der Waals surface area contributed by atoms with Gasteiger partial charge in [0, 0.05) is 23.9 Å². The van der Waals surface area contributed by atoms with Crippen LogP contribution in [0.5, 0.6) is 17.2 Å². The van der Waals surface area contributed by atoms with Gasteiger partial charge < -0.3 is 29.6 Å². The van der Waals surface area contributed by atoms with Crippen molar-refractivity contribution in [3.63, 3.8) is 0 Å². The monoisotopic (exact) mass is 571 g/mol. The lowest BCUT2D eigenvalue weighted by Crippen LogP contribution is -2.28. The third kappa shape index (κ3) is 8.80. The van der Waals surface area contributed by atoms with Gasteiger partial charge in [0.2, 0.25) is 10.0 Å². The number of anilines is 2. The summed E-state index contributed by atoms with van der Waals surface area (Å²) in [7, 11) is -2.30. The number of hydrogen-bond acceptors (Lipinski definition) is 8. The molecule has 0 aliphatic rings. The third-order valence-corrected chi connectivity index (χ3v) is 5.97. The van der Waals surface area contributed by atoms with Gasteiger partial charge in [-0.3, -0.25) is 4.72 Å². The molecule has 3 aromatic carbocycles. The summed E-state index contributed by atoms with van der Waals surface area (Å²) < 4.78 is 48.0. The molecule has 0 radical (unpaired) electrons. The zero-order chi connectivity index (χ0) is 29.1. The Morgan fingerprint density at radius 1 is 0.850 bits per heavy atom. The molecule has 0 aliphatic carbocycles. The largest absolute Gasteiger partial charge is 0.493 e. The molecule has 3 aromatic rings. The Bertz CT molecular complexity index is 1430. The van der Waals surface area contributed by atoms with E-state index < -0.39 is 22.0 Å². The molecule has 0 bridgehead atoms. The zero-order valence-electron chi connectivity index (χ0n) is 22.8. The van der Waals surface area contributed by atoms with Crippen molar-refractivity contribution >= 4 is 33.4 Å². The van der Waals surface area contributed by atoms with Crippen molar-refractivity contribution in [3.8, 4) is 17.2 Å². The van der Waals surface area contributed by atoms with Crippen molar-refractivity contribution in [1.82, 2.24) is 5.32 Å². The first-order valence-corrected chi connectivity index (χ1v) is 14.4.